The highest BCUT2D eigenvalue weighted by atomic mass is 16.4. The zero-order chi connectivity index (χ0) is 13.6. The summed E-state index contributed by atoms with van der Waals surface area (Å²) in [5.74, 6) is -0.284. The summed E-state index contributed by atoms with van der Waals surface area (Å²) in [5.41, 5.74) is 4.79. The average molecular weight is 244 g/mol. The standard InChI is InChI=1S/C13H28N2O2/c1-6-13(14,12(16)17)8-7-9-15(5)11(4)10(2)3/h10-11H,6-9,14H2,1-5H3,(H,16,17). The Morgan fingerprint density at radius 2 is 1.94 bits per heavy atom. The fraction of sp³-hybridized carbons (Fsp3) is 0.923. The number of hydrogen-bond donors (Lipinski definition) is 2. The molecule has 0 rings (SSSR count). The predicted octanol–water partition coefficient (Wildman–Crippen LogP) is 1.93. The van der Waals surface area contributed by atoms with E-state index in [1.807, 2.05) is 6.92 Å². The quantitative estimate of drug-likeness (QED) is 0.684. The van der Waals surface area contributed by atoms with Crippen LogP contribution in [-0.2, 0) is 4.79 Å². The monoisotopic (exact) mass is 244 g/mol. The highest BCUT2D eigenvalue weighted by Gasteiger charge is 2.31. The number of aliphatic carboxylic acids is 1. The molecule has 0 saturated heterocycles. The number of carboxylic acids is 1. The fourth-order valence-electron chi connectivity index (χ4n) is 1.79. The number of carbonyl (C=O) groups is 1. The van der Waals surface area contributed by atoms with Gasteiger partial charge in [0.15, 0.2) is 0 Å². The largest absolute Gasteiger partial charge is 0.480 e. The molecule has 17 heavy (non-hydrogen) atoms. The zero-order valence-electron chi connectivity index (χ0n) is 11.9. The van der Waals surface area contributed by atoms with E-state index in [0.717, 1.165) is 13.0 Å². The van der Waals surface area contributed by atoms with E-state index in [1.54, 1.807) is 0 Å². The van der Waals surface area contributed by atoms with Crippen LogP contribution in [0.2, 0.25) is 0 Å². The highest BCUT2D eigenvalue weighted by Crippen LogP contribution is 2.16. The van der Waals surface area contributed by atoms with Gasteiger partial charge in [-0.25, -0.2) is 0 Å². The Balaban J connectivity index is 4.10. The lowest BCUT2D eigenvalue weighted by Gasteiger charge is -2.29. The Morgan fingerprint density at radius 1 is 1.41 bits per heavy atom. The average Bonchev–Trinajstić information content (AvgIpc) is 2.26. The SMILES string of the molecule is CCC(N)(CCCN(C)C(C)C(C)C)C(=O)O. The Labute approximate surface area is 105 Å². The molecule has 0 aliphatic rings. The van der Waals surface area contributed by atoms with Gasteiger partial charge in [-0.2, -0.15) is 0 Å². The first-order valence-corrected chi connectivity index (χ1v) is 6.47. The number of nitrogens with two attached hydrogens (primary N) is 1. The molecule has 0 spiro atoms. The summed E-state index contributed by atoms with van der Waals surface area (Å²) >= 11 is 0. The van der Waals surface area contributed by atoms with Crippen molar-refractivity contribution in [3.8, 4) is 0 Å². The molecule has 0 aromatic carbocycles. The summed E-state index contributed by atoms with van der Waals surface area (Å²) < 4.78 is 0. The molecule has 0 aliphatic carbocycles. The molecular weight excluding hydrogens is 216 g/mol. The normalized spacial score (nSPS) is 17.2. The van der Waals surface area contributed by atoms with Gasteiger partial charge in [0.1, 0.15) is 5.54 Å². The van der Waals surface area contributed by atoms with Crippen LogP contribution in [-0.4, -0.2) is 41.1 Å². The molecule has 0 radical (unpaired) electrons. The molecule has 2 unspecified atom stereocenters. The summed E-state index contributed by atoms with van der Waals surface area (Å²) in [6.07, 6.45) is 1.84. The van der Waals surface area contributed by atoms with Crippen molar-refractivity contribution in [3.63, 3.8) is 0 Å². The summed E-state index contributed by atoms with van der Waals surface area (Å²) in [6.45, 7) is 9.30. The minimum atomic E-state index is -1.05. The van der Waals surface area contributed by atoms with Crippen molar-refractivity contribution in [2.45, 2.75) is 58.5 Å². The summed E-state index contributed by atoms with van der Waals surface area (Å²) in [5, 5.41) is 9.06. The maximum atomic E-state index is 11.0. The van der Waals surface area contributed by atoms with Gasteiger partial charge in [0.2, 0.25) is 0 Å². The second-order valence-electron chi connectivity index (χ2n) is 5.38. The van der Waals surface area contributed by atoms with Gasteiger partial charge < -0.3 is 15.7 Å². The van der Waals surface area contributed by atoms with E-state index < -0.39 is 11.5 Å². The molecule has 4 heteroatoms. The van der Waals surface area contributed by atoms with E-state index in [9.17, 15) is 4.79 Å². The van der Waals surface area contributed by atoms with Crippen LogP contribution in [0.25, 0.3) is 0 Å². The number of hydrogen-bond acceptors (Lipinski definition) is 3. The van der Waals surface area contributed by atoms with Crippen LogP contribution in [0, 0.1) is 5.92 Å². The van der Waals surface area contributed by atoms with Crippen molar-refractivity contribution in [1.29, 1.82) is 0 Å². The number of rotatable bonds is 8. The van der Waals surface area contributed by atoms with Gasteiger partial charge in [0, 0.05) is 6.04 Å². The van der Waals surface area contributed by atoms with Crippen LogP contribution in [0.15, 0.2) is 0 Å². The smallest absolute Gasteiger partial charge is 0.323 e. The third-order valence-corrected chi connectivity index (χ3v) is 3.85. The lowest BCUT2D eigenvalue weighted by molar-refractivity contribution is -0.143. The van der Waals surface area contributed by atoms with Gasteiger partial charge in [-0.05, 0) is 45.7 Å². The van der Waals surface area contributed by atoms with Gasteiger partial charge >= 0.3 is 5.97 Å². The molecule has 3 N–H and O–H groups in total. The summed E-state index contributed by atoms with van der Waals surface area (Å²) in [7, 11) is 2.08. The van der Waals surface area contributed by atoms with Crippen LogP contribution in [0.3, 0.4) is 0 Å². The molecule has 0 aliphatic heterocycles. The minimum absolute atomic E-state index is 0.478. The van der Waals surface area contributed by atoms with E-state index in [1.165, 1.54) is 0 Å². The topological polar surface area (TPSA) is 66.6 Å². The minimum Gasteiger partial charge on any atom is -0.480 e. The van der Waals surface area contributed by atoms with Crippen LogP contribution < -0.4 is 5.73 Å². The number of carboxylic acid groups (broad SMARTS) is 1. The highest BCUT2D eigenvalue weighted by molar-refractivity contribution is 5.78. The Hall–Kier alpha value is -0.610. The molecule has 0 amide bonds. The van der Waals surface area contributed by atoms with Crippen molar-refractivity contribution in [3.05, 3.63) is 0 Å². The van der Waals surface area contributed by atoms with Crippen LogP contribution in [0.1, 0.15) is 47.0 Å². The predicted molar refractivity (Wildman–Crippen MR) is 71.0 cm³/mol. The van der Waals surface area contributed by atoms with Crippen molar-refractivity contribution < 1.29 is 9.90 Å². The maximum Gasteiger partial charge on any atom is 0.323 e. The van der Waals surface area contributed by atoms with Crippen molar-refractivity contribution >= 4 is 5.97 Å². The van der Waals surface area contributed by atoms with Gasteiger partial charge in [-0.3, -0.25) is 4.79 Å². The van der Waals surface area contributed by atoms with E-state index in [4.69, 9.17) is 10.8 Å². The van der Waals surface area contributed by atoms with Crippen molar-refractivity contribution in [2.75, 3.05) is 13.6 Å². The molecule has 4 nitrogen and oxygen atoms in total. The first-order valence-electron chi connectivity index (χ1n) is 6.47. The lowest BCUT2D eigenvalue weighted by atomic mass is 9.91. The molecule has 0 aromatic rings. The molecule has 2 atom stereocenters. The molecule has 0 fully saturated rings. The van der Waals surface area contributed by atoms with E-state index in [0.29, 0.717) is 24.8 Å². The van der Waals surface area contributed by atoms with Gasteiger partial charge in [-0.15, -0.1) is 0 Å². The first kappa shape index (κ1) is 16.4. The van der Waals surface area contributed by atoms with E-state index in [-0.39, 0.29) is 0 Å². The zero-order valence-corrected chi connectivity index (χ0v) is 11.9. The molecule has 0 aromatic heterocycles. The third-order valence-electron chi connectivity index (χ3n) is 3.85. The maximum absolute atomic E-state index is 11.0. The van der Waals surface area contributed by atoms with Crippen LogP contribution in [0.4, 0.5) is 0 Å². The molecular formula is C13H28N2O2. The van der Waals surface area contributed by atoms with Gasteiger partial charge in [-0.1, -0.05) is 20.8 Å². The Kier molecular flexibility index (Phi) is 6.72. The van der Waals surface area contributed by atoms with Gasteiger partial charge in [0.05, 0.1) is 0 Å². The van der Waals surface area contributed by atoms with Crippen molar-refractivity contribution in [1.82, 2.24) is 4.90 Å². The third kappa shape index (κ3) is 5.04. The van der Waals surface area contributed by atoms with Gasteiger partial charge in [0.25, 0.3) is 0 Å². The van der Waals surface area contributed by atoms with E-state index in [2.05, 4.69) is 32.7 Å². The number of nitrogens with zero attached hydrogens (tertiary/aromatic N) is 1. The lowest BCUT2D eigenvalue weighted by Crippen LogP contribution is -2.48. The summed E-state index contributed by atoms with van der Waals surface area (Å²) in [4.78, 5) is 13.3. The van der Waals surface area contributed by atoms with Crippen LogP contribution in [0.5, 0.6) is 0 Å². The molecule has 102 valence electrons. The first-order chi connectivity index (χ1) is 7.74. The molecule has 0 saturated carbocycles. The second kappa shape index (κ2) is 6.97. The molecule has 0 heterocycles. The summed E-state index contributed by atoms with van der Waals surface area (Å²) in [6, 6.07) is 0.508. The molecule has 0 bridgehead atoms. The fourth-order valence-corrected chi connectivity index (χ4v) is 1.79. The van der Waals surface area contributed by atoms with E-state index >= 15 is 0 Å². The van der Waals surface area contributed by atoms with Crippen molar-refractivity contribution in [2.24, 2.45) is 11.7 Å². The Bertz CT molecular complexity index is 244. The van der Waals surface area contributed by atoms with Crippen LogP contribution >= 0.6 is 0 Å². The Morgan fingerprint density at radius 3 is 2.29 bits per heavy atom. The second-order valence-corrected chi connectivity index (χ2v) is 5.38.